The molecular formula is C16H20N4O2S. The van der Waals surface area contributed by atoms with E-state index in [2.05, 4.69) is 15.1 Å². The number of hydrogen-bond acceptors (Lipinski definition) is 6. The van der Waals surface area contributed by atoms with Crippen molar-refractivity contribution >= 4 is 17.2 Å². The zero-order chi connectivity index (χ0) is 15.8. The van der Waals surface area contributed by atoms with Crippen molar-refractivity contribution in [3.05, 3.63) is 33.7 Å². The highest BCUT2D eigenvalue weighted by Crippen LogP contribution is 2.39. The second kappa shape index (κ2) is 6.05. The van der Waals surface area contributed by atoms with Crippen molar-refractivity contribution in [3.63, 3.8) is 0 Å². The first-order valence-corrected chi connectivity index (χ1v) is 8.91. The largest absolute Gasteiger partial charge is 0.424 e. The molecule has 0 aromatic carbocycles. The third-order valence-corrected chi connectivity index (χ3v) is 5.37. The lowest BCUT2D eigenvalue weighted by Gasteiger charge is -2.33. The van der Waals surface area contributed by atoms with Crippen molar-refractivity contribution in [2.75, 3.05) is 26.2 Å². The minimum Gasteiger partial charge on any atom is -0.424 e. The summed E-state index contributed by atoms with van der Waals surface area (Å²) in [4.78, 5) is 18.7. The zero-order valence-corrected chi connectivity index (χ0v) is 14.0. The van der Waals surface area contributed by atoms with Gasteiger partial charge in [-0.25, -0.2) is 0 Å². The van der Waals surface area contributed by atoms with E-state index in [1.54, 1.807) is 11.3 Å². The van der Waals surface area contributed by atoms with Crippen molar-refractivity contribution in [1.82, 2.24) is 20.0 Å². The molecule has 1 saturated carbocycles. The summed E-state index contributed by atoms with van der Waals surface area (Å²) < 4.78 is 5.71. The molecule has 23 heavy (non-hydrogen) atoms. The molecule has 0 N–H and O–H groups in total. The standard InChI is InChI=1S/C16H20N4O2S/c1-11-2-5-13(23-11)16(21)20-8-6-19(7-9-20)10-14-17-18-15(22-14)12-3-4-12/h2,5,12H,3-4,6-10H2,1H3. The minimum atomic E-state index is 0.150. The molecule has 2 aromatic heterocycles. The van der Waals surface area contributed by atoms with E-state index in [1.807, 2.05) is 24.0 Å². The van der Waals surface area contributed by atoms with Crippen LogP contribution in [0.4, 0.5) is 0 Å². The molecule has 0 spiro atoms. The fourth-order valence-corrected chi connectivity index (χ4v) is 3.67. The van der Waals surface area contributed by atoms with E-state index in [0.717, 1.165) is 36.9 Å². The Hall–Kier alpha value is -1.73. The van der Waals surface area contributed by atoms with E-state index in [9.17, 15) is 4.79 Å². The van der Waals surface area contributed by atoms with Gasteiger partial charge in [0, 0.05) is 37.0 Å². The smallest absolute Gasteiger partial charge is 0.264 e. The molecule has 3 heterocycles. The summed E-state index contributed by atoms with van der Waals surface area (Å²) in [5.41, 5.74) is 0. The molecule has 7 heteroatoms. The van der Waals surface area contributed by atoms with Gasteiger partial charge in [-0.1, -0.05) is 0 Å². The summed E-state index contributed by atoms with van der Waals surface area (Å²) >= 11 is 1.57. The summed E-state index contributed by atoms with van der Waals surface area (Å²) in [6.45, 7) is 5.90. The average molecular weight is 332 g/mol. The number of aromatic nitrogens is 2. The molecule has 0 bridgehead atoms. The molecule has 2 fully saturated rings. The van der Waals surface area contributed by atoms with E-state index >= 15 is 0 Å². The van der Waals surface area contributed by atoms with Gasteiger partial charge in [-0.2, -0.15) is 0 Å². The van der Waals surface area contributed by atoms with Gasteiger partial charge >= 0.3 is 0 Å². The van der Waals surface area contributed by atoms with E-state index in [4.69, 9.17) is 4.42 Å². The van der Waals surface area contributed by atoms with Crippen LogP contribution in [-0.2, 0) is 6.54 Å². The minimum absolute atomic E-state index is 0.150. The molecule has 1 saturated heterocycles. The van der Waals surface area contributed by atoms with Crippen LogP contribution in [-0.4, -0.2) is 52.1 Å². The number of piperazine rings is 1. The maximum absolute atomic E-state index is 12.4. The molecule has 122 valence electrons. The molecule has 1 aliphatic heterocycles. The van der Waals surface area contributed by atoms with Gasteiger partial charge in [0.05, 0.1) is 11.4 Å². The van der Waals surface area contributed by atoms with Gasteiger partial charge in [0.1, 0.15) is 0 Å². The summed E-state index contributed by atoms with van der Waals surface area (Å²) in [5, 5.41) is 8.26. The topological polar surface area (TPSA) is 62.5 Å². The van der Waals surface area contributed by atoms with Gasteiger partial charge in [-0.05, 0) is 31.9 Å². The molecule has 0 radical (unpaired) electrons. The highest BCUT2D eigenvalue weighted by molar-refractivity contribution is 7.13. The van der Waals surface area contributed by atoms with E-state index in [1.165, 1.54) is 17.7 Å². The SMILES string of the molecule is Cc1ccc(C(=O)N2CCN(Cc3nnc(C4CC4)o3)CC2)s1. The van der Waals surface area contributed by atoms with Crippen LogP contribution in [0.5, 0.6) is 0 Å². The van der Waals surface area contributed by atoms with Crippen molar-refractivity contribution in [1.29, 1.82) is 0 Å². The Morgan fingerprint density at radius 1 is 1.26 bits per heavy atom. The lowest BCUT2D eigenvalue weighted by Crippen LogP contribution is -2.48. The van der Waals surface area contributed by atoms with Gasteiger partial charge in [-0.15, -0.1) is 21.5 Å². The number of carbonyl (C=O) groups is 1. The summed E-state index contributed by atoms with van der Waals surface area (Å²) in [6, 6.07) is 3.92. The van der Waals surface area contributed by atoms with Crippen molar-refractivity contribution in [2.45, 2.75) is 32.2 Å². The van der Waals surface area contributed by atoms with E-state index < -0.39 is 0 Å². The van der Waals surface area contributed by atoms with Gasteiger partial charge < -0.3 is 9.32 Å². The van der Waals surface area contributed by atoms with Crippen LogP contribution in [0.3, 0.4) is 0 Å². The Morgan fingerprint density at radius 3 is 2.70 bits per heavy atom. The van der Waals surface area contributed by atoms with Gasteiger partial charge in [0.2, 0.25) is 11.8 Å². The Kier molecular flexibility index (Phi) is 3.90. The first-order valence-electron chi connectivity index (χ1n) is 8.09. The second-order valence-corrected chi connectivity index (χ2v) is 7.57. The van der Waals surface area contributed by atoms with E-state index in [0.29, 0.717) is 18.4 Å². The van der Waals surface area contributed by atoms with Crippen LogP contribution in [0.15, 0.2) is 16.5 Å². The Morgan fingerprint density at radius 2 is 2.04 bits per heavy atom. The molecule has 0 unspecified atom stereocenters. The summed E-state index contributed by atoms with van der Waals surface area (Å²) in [7, 11) is 0. The van der Waals surface area contributed by atoms with Crippen LogP contribution < -0.4 is 0 Å². The fraction of sp³-hybridized carbons (Fsp3) is 0.562. The molecular weight excluding hydrogens is 312 g/mol. The average Bonchev–Trinajstić information content (AvgIpc) is 3.16. The predicted octanol–water partition coefficient (Wildman–Crippen LogP) is 2.27. The Balaban J connectivity index is 1.30. The normalized spacial score (nSPS) is 19.3. The van der Waals surface area contributed by atoms with Gasteiger partial charge in [-0.3, -0.25) is 9.69 Å². The van der Waals surface area contributed by atoms with Crippen LogP contribution in [0.25, 0.3) is 0 Å². The maximum atomic E-state index is 12.4. The number of aryl methyl sites for hydroxylation is 1. The van der Waals surface area contributed by atoms with Crippen LogP contribution in [0.2, 0.25) is 0 Å². The lowest BCUT2D eigenvalue weighted by atomic mass is 10.3. The van der Waals surface area contributed by atoms with Crippen LogP contribution in [0.1, 0.15) is 45.1 Å². The van der Waals surface area contributed by atoms with Crippen LogP contribution in [0, 0.1) is 6.92 Å². The summed E-state index contributed by atoms with van der Waals surface area (Å²) in [6.07, 6.45) is 2.34. The molecule has 4 rings (SSSR count). The van der Waals surface area contributed by atoms with Gasteiger partial charge in [0.15, 0.2) is 0 Å². The number of carbonyl (C=O) groups excluding carboxylic acids is 1. The highest BCUT2D eigenvalue weighted by atomic mass is 32.1. The first-order chi connectivity index (χ1) is 11.2. The number of amides is 1. The molecule has 6 nitrogen and oxygen atoms in total. The number of thiophene rings is 1. The molecule has 0 atom stereocenters. The van der Waals surface area contributed by atoms with Crippen molar-refractivity contribution < 1.29 is 9.21 Å². The molecule has 1 amide bonds. The third-order valence-electron chi connectivity index (χ3n) is 4.38. The number of rotatable bonds is 4. The monoisotopic (exact) mass is 332 g/mol. The molecule has 2 aromatic rings. The van der Waals surface area contributed by atoms with Gasteiger partial charge in [0.25, 0.3) is 5.91 Å². The predicted molar refractivity (Wildman–Crippen MR) is 86.5 cm³/mol. The third kappa shape index (κ3) is 3.30. The first kappa shape index (κ1) is 14.8. The maximum Gasteiger partial charge on any atom is 0.264 e. The zero-order valence-electron chi connectivity index (χ0n) is 13.2. The van der Waals surface area contributed by atoms with E-state index in [-0.39, 0.29) is 5.91 Å². The van der Waals surface area contributed by atoms with Crippen LogP contribution >= 0.6 is 11.3 Å². The number of nitrogens with zero attached hydrogens (tertiary/aromatic N) is 4. The second-order valence-electron chi connectivity index (χ2n) is 6.29. The highest BCUT2D eigenvalue weighted by Gasteiger charge is 2.30. The Bertz CT molecular complexity index is 699. The lowest BCUT2D eigenvalue weighted by molar-refractivity contribution is 0.0622. The van der Waals surface area contributed by atoms with Crippen molar-refractivity contribution in [3.8, 4) is 0 Å². The molecule has 1 aliphatic carbocycles. The van der Waals surface area contributed by atoms with Crippen molar-refractivity contribution in [2.24, 2.45) is 0 Å². The fourth-order valence-electron chi connectivity index (χ4n) is 2.83. The summed E-state index contributed by atoms with van der Waals surface area (Å²) in [5.74, 6) is 2.14. The molecule has 2 aliphatic rings. The quantitative estimate of drug-likeness (QED) is 0.859. The number of hydrogen-bond donors (Lipinski definition) is 0. The Labute approximate surface area is 139 Å².